The summed E-state index contributed by atoms with van der Waals surface area (Å²) in [7, 11) is 1.87. The number of carbonyl (C=O) groups is 2. The van der Waals surface area contributed by atoms with Crippen molar-refractivity contribution in [3.63, 3.8) is 0 Å². The van der Waals surface area contributed by atoms with Crippen molar-refractivity contribution in [2.24, 2.45) is 0 Å². The van der Waals surface area contributed by atoms with Crippen LogP contribution < -0.4 is 0 Å². The maximum absolute atomic E-state index is 12.8. The molecule has 1 aromatic heterocycles. The third kappa shape index (κ3) is 4.21. The quantitative estimate of drug-likeness (QED) is 0.783. The Kier molecular flexibility index (Phi) is 5.69. The Labute approximate surface area is 172 Å². The Balaban J connectivity index is 1.29. The minimum Gasteiger partial charge on any atom is -0.342 e. The van der Waals surface area contributed by atoms with E-state index in [1.165, 1.54) is 5.56 Å². The zero-order chi connectivity index (χ0) is 20.4. The average molecular weight is 395 g/mol. The molecule has 1 fully saturated rings. The molecule has 29 heavy (non-hydrogen) atoms. The monoisotopic (exact) mass is 394 g/mol. The molecule has 0 bridgehead atoms. The molecule has 0 aliphatic carbocycles. The Morgan fingerprint density at radius 2 is 1.79 bits per heavy atom. The van der Waals surface area contributed by atoms with Crippen LogP contribution in [-0.2, 0) is 30.6 Å². The van der Waals surface area contributed by atoms with E-state index < -0.39 is 0 Å². The second-order valence-corrected chi connectivity index (χ2v) is 8.22. The molecule has 2 aromatic rings. The van der Waals surface area contributed by atoms with Gasteiger partial charge < -0.3 is 9.80 Å². The number of fused-ring (bicyclic) bond motifs is 1. The summed E-state index contributed by atoms with van der Waals surface area (Å²) < 4.78 is 1.95. The molecule has 6 nitrogen and oxygen atoms in total. The third-order valence-electron chi connectivity index (χ3n) is 6.36. The molecule has 2 amide bonds. The molecule has 0 spiro atoms. The standard InChI is InChI=1S/C23H30N4O2/c1-3-17-6-8-18(9-7-17)15-22(28)26-13-10-19(11-14-26)25(2)23(29)21-16-20-5-4-12-27(20)24-21/h6-9,16,19H,3-5,10-15H2,1-2H3. The van der Waals surface area contributed by atoms with Gasteiger partial charge in [-0.2, -0.15) is 5.10 Å². The van der Waals surface area contributed by atoms with Gasteiger partial charge in [-0.05, 0) is 49.3 Å². The van der Waals surface area contributed by atoms with Crippen molar-refractivity contribution < 1.29 is 9.59 Å². The molecule has 1 saturated heterocycles. The van der Waals surface area contributed by atoms with E-state index in [9.17, 15) is 9.59 Å². The molecule has 2 aliphatic rings. The van der Waals surface area contributed by atoms with Crippen LogP contribution in [0.5, 0.6) is 0 Å². The molecule has 6 heteroatoms. The summed E-state index contributed by atoms with van der Waals surface area (Å²) in [4.78, 5) is 29.3. The lowest BCUT2D eigenvalue weighted by atomic mass is 10.0. The molecular weight excluding hydrogens is 364 g/mol. The Hall–Kier alpha value is -2.63. The van der Waals surface area contributed by atoms with Gasteiger partial charge in [-0.25, -0.2) is 0 Å². The van der Waals surface area contributed by atoms with Crippen LogP contribution in [0, 0.1) is 0 Å². The van der Waals surface area contributed by atoms with Crippen LogP contribution in [0.1, 0.15) is 53.5 Å². The highest BCUT2D eigenvalue weighted by molar-refractivity contribution is 5.92. The van der Waals surface area contributed by atoms with Crippen molar-refractivity contribution in [1.29, 1.82) is 0 Å². The lowest BCUT2D eigenvalue weighted by molar-refractivity contribution is -0.131. The van der Waals surface area contributed by atoms with Crippen molar-refractivity contribution >= 4 is 11.8 Å². The van der Waals surface area contributed by atoms with Crippen molar-refractivity contribution in [3.05, 3.63) is 52.8 Å². The van der Waals surface area contributed by atoms with Gasteiger partial charge in [0.05, 0.1) is 6.42 Å². The van der Waals surface area contributed by atoms with Crippen molar-refractivity contribution in [1.82, 2.24) is 19.6 Å². The van der Waals surface area contributed by atoms with Gasteiger partial charge in [0.25, 0.3) is 5.91 Å². The number of rotatable bonds is 5. The highest BCUT2D eigenvalue weighted by Gasteiger charge is 2.29. The number of carbonyl (C=O) groups excluding carboxylic acids is 2. The molecule has 0 radical (unpaired) electrons. The number of hydrogen-bond donors (Lipinski definition) is 0. The summed E-state index contributed by atoms with van der Waals surface area (Å²) in [5, 5.41) is 4.47. The maximum Gasteiger partial charge on any atom is 0.274 e. The summed E-state index contributed by atoms with van der Waals surface area (Å²) in [6.07, 6.45) is 5.21. The molecule has 3 heterocycles. The van der Waals surface area contributed by atoms with Gasteiger partial charge in [0.1, 0.15) is 0 Å². The van der Waals surface area contributed by atoms with Gasteiger partial charge >= 0.3 is 0 Å². The van der Waals surface area contributed by atoms with E-state index >= 15 is 0 Å². The first-order chi connectivity index (χ1) is 14.0. The smallest absolute Gasteiger partial charge is 0.274 e. The van der Waals surface area contributed by atoms with Gasteiger partial charge in [0.15, 0.2) is 5.69 Å². The van der Waals surface area contributed by atoms with Gasteiger partial charge in [0.2, 0.25) is 5.91 Å². The largest absolute Gasteiger partial charge is 0.342 e. The SMILES string of the molecule is CCc1ccc(CC(=O)N2CCC(N(C)C(=O)c3cc4n(n3)CCC4)CC2)cc1. The van der Waals surface area contributed by atoms with Crippen molar-refractivity contribution in [2.75, 3.05) is 20.1 Å². The molecule has 0 atom stereocenters. The second kappa shape index (κ2) is 8.39. The summed E-state index contributed by atoms with van der Waals surface area (Å²) >= 11 is 0. The normalized spacial score (nSPS) is 16.7. The van der Waals surface area contributed by atoms with Crippen LogP contribution in [0.4, 0.5) is 0 Å². The fourth-order valence-corrected chi connectivity index (χ4v) is 4.39. The van der Waals surface area contributed by atoms with Crippen LogP contribution in [0.15, 0.2) is 30.3 Å². The molecule has 0 saturated carbocycles. The summed E-state index contributed by atoms with van der Waals surface area (Å²) in [5.41, 5.74) is 4.07. The number of aryl methyl sites for hydroxylation is 3. The fraction of sp³-hybridized carbons (Fsp3) is 0.522. The molecule has 0 unspecified atom stereocenters. The minimum absolute atomic E-state index is 0.00677. The minimum atomic E-state index is -0.00677. The number of aromatic nitrogens is 2. The van der Waals surface area contributed by atoms with E-state index in [1.807, 2.05) is 27.6 Å². The Morgan fingerprint density at radius 3 is 2.45 bits per heavy atom. The van der Waals surface area contributed by atoms with E-state index in [1.54, 1.807) is 0 Å². The predicted octanol–water partition coefficient (Wildman–Crippen LogP) is 2.70. The fourth-order valence-electron chi connectivity index (χ4n) is 4.39. The number of piperidine rings is 1. The predicted molar refractivity (Wildman–Crippen MR) is 112 cm³/mol. The zero-order valence-corrected chi connectivity index (χ0v) is 17.4. The first-order valence-electron chi connectivity index (χ1n) is 10.7. The summed E-state index contributed by atoms with van der Waals surface area (Å²) in [6, 6.07) is 10.4. The summed E-state index contributed by atoms with van der Waals surface area (Å²) in [6.45, 7) is 4.45. The van der Waals surface area contributed by atoms with Gasteiger partial charge in [-0.3, -0.25) is 14.3 Å². The lowest BCUT2D eigenvalue weighted by Gasteiger charge is -2.36. The Morgan fingerprint density at radius 1 is 1.10 bits per heavy atom. The molecule has 2 aliphatic heterocycles. The van der Waals surface area contributed by atoms with E-state index in [2.05, 4.69) is 36.3 Å². The topological polar surface area (TPSA) is 58.4 Å². The highest BCUT2D eigenvalue weighted by Crippen LogP contribution is 2.21. The van der Waals surface area contributed by atoms with Crippen LogP contribution in [0.2, 0.25) is 0 Å². The molecule has 1 aromatic carbocycles. The van der Waals surface area contributed by atoms with Crippen LogP contribution in [-0.4, -0.2) is 57.6 Å². The van der Waals surface area contributed by atoms with Gasteiger partial charge in [-0.15, -0.1) is 0 Å². The van der Waals surface area contributed by atoms with E-state index in [0.29, 0.717) is 25.2 Å². The first kappa shape index (κ1) is 19.7. The molecule has 4 rings (SSSR count). The van der Waals surface area contributed by atoms with Crippen LogP contribution in [0.3, 0.4) is 0 Å². The Bertz CT molecular complexity index is 857. The average Bonchev–Trinajstić information content (AvgIpc) is 3.36. The molecule has 154 valence electrons. The number of benzene rings is 1. The summed E-state index contributed by atoms with van der Waals surface area (Å²) in [5.74, 6) is 0.167. The van der Waals surface area contributed by atoms with Crippen molar-refractivity contribution in [3.8, 4) is 0 Å². The van der Waals surface area contributed by atoms with Gasteiger partial charge in [-0.1, -0.05) is 31.2 Å². The maximum atomic E-state index is 12.8. The van der Waals surface area contributed by atoms with E-state index in [0.717, 1.165) is 49.9 Å². The number of amides is 2. The number of likely N-dealkylation sites (tertiary alicyclic amines) is 1. The molecular formula is C23H30N4O2. The molecule has 0 N–H and O–H groups in total. The van der Waals surface area contributed by atoms with E-state index in [-0.39, 0.29) is 17.9 Å². The number of nitrogens with zero attached hydrogens (tertiary/aromatic N) is 4. The number of hydrogen-bond acceptors (Lipinski definition) is 3. The van der Waals surface area contributed by atoms with Crippen LogP contribution in [0.25, 0.3) is 0 Å². The zero-order valence-electron chi connectivity index (χ0n) is 17.4. The second-order valence-electron chi connectivity index (χ2n) is 8.22. The van der Waals surface area contributed by atoms with Crippen molar-refractivity contribution in [2.45, 2.75) is 58.0 Å². The van der Waals surface area contributed by atoms with E-state index in [4.69, 9.17) is 0 Å². The first-order valence-corrected chi connectivity index (χ1v) is 10.7. The highest BCUT2D eigenvalue weighted by atomic mass is 16.2. The van der Waals surface area contributed by atoms with Gasteiger partial charge in [0, 0.05) is 38.4 Å². The van der Waals surface area contributed by atoms with Crippen LogP contribution >= 0.6 is 0 Å². The lowest BCUT2D eigenvalue weighted by Crippen LogP contribution is -2.47. The third-order valence-corrected chi connectivity index (χ3v) is 6.36.